The number of likely N-dealkylation sites (tertiary alicyclic amines) is 2. The van der Waals surface area contributed by atoms with Crippen molar-refractivity contribution in [1.29, 1.82) is 0 Å². The summed E-state index contributed by atoms with van der Waals surface area (Å²) in [4.78, 5) is 48.6. The van der Waals surface area contributed by atoms with Crippen LogP contribution in [0.15, 0.2) is 36.4 Å². The molecular weight excluding hydrogens is 649 g/mol. The SMILES string of the molecule is CNc1c(C)cc(C[C@@H](NC(=O)N2CCC(N3CCc4ccccc4NC3=O)CC2)C(=O)N2CCC(N3CCNCC3)CC2)cc1C(F)(F)F. The van der Waals surface area contributed by atoms with Crippen molar-refractivity contribution in [3.8, 4) is 0 Å². The van der Waals surface area contributed by atoms with Gasteiger partial charge in [0.25, 0.3) is 0 Å². The van der Waals surface area contributed by atoms with E-state index in [1.54, 1.807) is 22.8 Å². The molecule has 3 fully saturated rings. The lowest BCUT2D eigenvalue weighted by atomic mass is 9.96. The summed E-state index contributed by atoms with van der Waals surface area (Å²) in [5, 5.41) is 12.0. The van der Waals surface area contributed by atoms with E-state index < -0.39 is 23.8 Å². The highest BCUT2D eigenvalue weighted by Gasteiger charge is 2.37. The Hall–Kier alpha value is -4.04. The molecular formula is C36H49F3N8O3. The van der Waals surface area contributed by atoms with Gasteiger partial charge in [0.2, 0.25) is 5.91 Å². The molecule has 4 aliphatic rings. The smallest absolute Gasteiger partial charge is 0.387 e. The van der Waals surface area contributed by atoms with Crippen LogP contribution in [0, 0.1) is 6.92 Å². The average Bonchev–Trinajstić information content (AvgIpc) is 3.29. The molecule has 0 radical (unpaired) electrons. The predicted octanol–water partition coefficient (Wildman–Crippen LogP) is 4.13. The number of carbonyl (C=O) groups is 3. The summed E-state index contributed by atoms with van der Waals surface area (Å²) in [6, 6.07) is 9.22. The number of rotatable bonds is 7. The maximum atomic E-state index is 14.1. The molecule has 2 aromatic rings. The molecule has 6 rings (SSSR count). The number of hydrogen-bond acceptors (Lipinski definition) is 6. The second-order valence-corrected chi connectivity index (χ2v) is 13.9. The Morgan fingerprint density at radius 1 is 0.920 bits per heavy atom. The Morgan fingerprint density at radius 2 is 1.58 bits per heavy atom. The monoisotopic (exact) mass is 698 g/mol. The van der Waals surface area contributed by atoms with Crippen LogP contribution in [-0.4, -0.2) is 122 Å². The number of nitrogens with zero attached hydrogens (tertiary/aromatic N) is 4. The van der Waals surface area contributed by atoms with Crippen LogP contribution in [-0.2, 0) is 23.8 Å². The van der Waals surface area contributed by atoms with Gasteiger partial charge in [-0.05, 0) is 67.9 Å². The molecule has 4 heterocycles. The lowest BCUT2D eigenvalue weighted by Crippen LogP contribution is -2.58. The number of para-hydroxylation sites is 1. The minimum atomic E-state index is -4.59. The van der Waals surface area contributed by atoms with Gasteiger partial charge in [0.15, 0.2) is 0 Å². The summed E-state index contributed by atoms with van der Waals surface area (Å²) >= 11 is 0. The zero-order valence-corrected chi connectivity index (χ0v) is 29.0. The second kappa shape index (κ2) is 15.5. The Kier molecular flexibility index (Phi) is 11.1. The molecule has 0 saturated carbocycles. The van der Waals surface area contributed by atoms with Gasteiger partial charge in [0.1, 0.15) is 6.04 Å². The number of nitrogens with one attached hydrogen (secondary N) is 4. The van der Waals surface area contributed by atoms with Crippen molar-refractivity contribution >= 4 is 29.3 Å². The van der Waals surface area contributed by atoms with Gasteiger partial charge in [-0.3, -0.25) is 9.69 Å². The van der Waals surface area contributed by atoms with E-state index in [-0.39, 0.29) is 30.1 Å². The molecule has 4 N–H and O–H groups in total. The zero-order chi connectivity index (χ0) is 35.4. The van der Waals surface area contributed by atoms with Gasteiger partial charge in [-0.1, -0.05) is 24.3 Å². The first kappa shape index (κ1) is 35.8. The fraction of sp³-hybridized carbons (Fsp3) is 0.583. The number of carbonyl (C=O) groups excluding carboxylic acids is 3. The zero-order valence-electron chi connectivity index (χ0n) is 29.0. The third-order valence-electron chi connectivity index (χ3n) is 10.8. The first-order chi connectivity index (χ1) is 24.0. The Labute approximate surface area is 291 Å². The van der Waals surface area contributed by atoms with E-state index in [9.17, 15) is 27.6 Å². The van der Waals surface area contributed by atoms with Crippen molar-refractivity contribution < 1.29 is 27.6 Å². The van der Waals surface area contributed by atoms with E-state index >= 15 is 0 Å². The number of hydrogen-bond donors (Lipinski definition) is 4. The lowest BCUT2D eigenvalue weighted by Gasteiger charge is -2.41. The van der Waals surface area contributed by atoms with Crippen molar-refractivity contribution in [1.82, 2.24) is 30.2 Å². The number of amides is 5. The van der Waals surface area contributed by atoms with Gasteiger partial charge in [-0.2, -0.15) is 13.2 Å². The summed E-state index contributed by atoms with van der Waals surface area (Å²) in [5.41, 5.74) is 1.84. The highest BCUT2D eigenvalue weighted by molar-refractivity contribution is 5.91. The van der Waals surface area contributed by atoms with Crippen molar-refractivity contribution in [3.05, 3.63) is 58.7 Å². The predicted molar refractivity (Wildman–Crippen MR) is 186 cm³/mol. The quantitative estimate of drug-likeness (QED) is 0.347. The van der Waals surface area contributed by atoms with Crippen LogP contribution in [0.1, 0.15) is 47.9 Å². The Bertz CT molecular complexity index is 1530. The van der Waals surface area contributed by atoms with Crippen molar-refractivity contribution in [2.24, 2.45) is 0 Å². The molecule has 5 amide bonds. The van der Waals surface area contributed by atoms with E-state index in [0.29, 0.717) is 62.7 Å². The largest absolute Gasteiger partial charge is 0.418 e. The maximum Gasteiger partial charge on any atom is 0.418 e. The van der Waals surface area contributed by atoms with Gasteiger partial charge in [0.05, 0.1) is 5.56 Å². The highest BCUT2D eigenvalue weighted by atomic mass is 19.4. The molecule has 14 heteroatoms. The molecule has 0 bridgehead atoms. The second-order valence-electron chi connectivity index (χ2n) is 13.9. The first-order valence-electron chi connectivity index (χ1n) is 17.8. The Morgan fingerprint density at radius 3 is 2.26 bits per heavy atom. The highest BCUT2D eigenvalue weighted by Crippen LogP contribution is 2.37. The standard InChI is InChI=1S/C36H49F3N8O3/c1-24-21-25(22-29(32(24)40-2)36(37,38)39)23-31(33(48)45-14-8-27(9-15-45)44-19-12-41-13-20-44)43-34(49)46-16-10-28(11-17-46)47-18-7-26-5-3-4-6-30(26)42-35(47)50/h3-6,21-22,27-28,31,40-41H,7-20,23H2,1-2H3,(H,42,50)(H,43,49)/t31-/m1/s1. The Balaban J connectivity index is 1.13. The molecule has 50 heavy (non-hydrogen) atoms. The molecule has 0 aromatic heterocycles. The molecule has 0 unspecified atom stereocenters. The summed E-state index contributed by atoms with van der Waals surface area (Å²) in [6.45, 7) is 7.82. The van der Waals surface area contributed by atoms with Crippen molar-refractivity contribution in [3.63, 3.8) is 0 Å². The van der Waals surface area contributed by atoms with Crippen LogP contribution in [0.4, 0.5) is 34.1 Å². The summed E-state index contributed by atoms with van der Waals surface area (Å²) in [5.74, 6) is -0.281. The number of halogens is 3. The topological polar surface area (TPSA) is 112 Å². The number of aryl methyl sites for hydroxylation is 1. The van der Waals surface area contributed by atoms with Crippen LogP contribution < -0.4 is 21.3 Å². The molecule has 4 aliphatic heterocycles. The summed E-state index contributed by atoms with van der Waals surface area (Å²) in [7, 11) is 1.45. The first-order valence-corrected chi connectivity index (χ1v) is 17.8. The van der Waals surface area contributed by atoms with E-state index in [1.807, 2.05) is 29.2 Å². The lowest BCUT2D eigenvalue weighted by molar-refractivity contribution is -0.137. The number of fused-ring (bicyclic) bond motifs is 1. The molecule has 2 aromatic carbocycles. The molecule has 0 spiro atoms. The van der Waals surface area contributed by atoms with Gasteiger partial charge in [-0.25, -0.2) is 9.59 Å². The van der Waals surface area contributed by atoms with Crippen molar-refractivity contribution in [2.45, 2.75) is 69.8 Å². The molecule has 0 aliphatic carbocycles. The van der Waals surface area contributed by atoms with E-state index in [1.165, 1.54) is 7.05 Å². The van der Waals surface area contributed by atoms with E-state index in [2.05, 4.69) is 26.2 Å². The van der Waals surface area contributed by atoms with Crippen molar-refractivity contribution in [2.75, 3.05) is 76.6 Å². The van der Waals surface area contributed by atoms with Gasteiger partial charge >= 0.3 is 18.2 Å². The number of piperidine rings is 2. The number of urea groups is 2. The number of alkyl halides is 3. The van der Waals surface area contributed by atoms with Gasteiger partial charge in [0, 0.05) is 95.8 Å². The maximum absolute atomic E-state index is 14.1. The van der Waals surface area contributed by atoms with Crippen LogP contribution in [0.25, 0.3) is 0 Å². The third kappa shape index (κ3) is 8.12. The number of anilines is 2. The number of piperazine rings is 1. The van der Waals surface area contributed by atoms with E-state index in [0.717, 1.165) is 62.8 Å². The number of benzene rings is 2. The summed E-state index contributed by atoms with van der Waals surface area (Å²) in [6.07, 6.45) is -1.15. The van der Waals surface area contributed by atoms with Crippen LogP contribution in [0.3, 0.4) is 0 Å². The molecule has 272 valence electrons. The summed E-state index contributed by atoms with van der Waals surface area (Å²) < 4.78 is 42.2. The third-order valence-corrected chi connectivity index (χ3v) is 10.8. The minimum Gasteiger partial charge on any atom is -0.387 e. The van der Waals surface area contributed by atoms with Crippen LogP contribution in [0.5, 0.6) is 0 Å². The fourth-order valence-corrected chi connectivity index (χ4v) is 8.05. The normalized spacial score (nSPS) is 20.5. The molecule has 3 saturated heterocycles. The fourth-order valence-electron chi connectivity index (χ4n) is 8.05. The minimum absolute atomic E-state index is 0.00649. The van der Waals surface area contributed by atoms with E-state index in [4.69, 9.17) is 0 Å². The van der Waals surface area contributed by atoms with Gasteiger partial charge in [-0.15, -0.1) is 0 Å². The molecule has 1 atom stereocenters. The van der Waals surface area contributed by atoms with Crippen LogP contribution in [0.2, 0.25) is 0 Å². The average molecular weight is 699 g/mol. The van der Waals surface area contributed by atoms with Gasteiger partial charge < -0.3 is 36.0 Å². The molecule has 11 nitrogen and oxygen atoms in total. The van der Waals surface area contributed by atoms with Crippen LogP contribution >= 0.6 is 0 Å².